The molecule has 0 aliphatic rings. The van der Waals surface area contributed by atoms with E-state index in [1.165, 1.54) is 32.2 Å². The minimum absolute atomic E-state index is 0.222. The largest absolute Gasteiger partial charge is 0.482 e. The van der Waals surface area contributed by atoms with Crippen molar-refractivity contribution in [3.8, 4) is 5.75 Å². The van der Waals surface area contributed by atoms with Crippen molar-refractivity contribution < 1.29 is 23.5 Å². The van der Waals surface area contributed by atoms with Crippen LogP contribution < -0.4 is 10.1 Å². The summed E-state index contributed by atoms with van der Waals surface area (Å²) in [5, 5.41) is 2.34. The third kappa shape index (κ3) is 4.40. The molecule has 0 saturated heterocycles. The number of hydrogen-bond donors (Lipinski definition) is 1. The van der Waals surface area contributed by atoms with Gasteiger partial charge in [-0.1, -0.05) is 6.07 Å². The Kier molecular flexibility index (Phi) is 5.10. The Morgan fingerprint density at radius 2 is 2.17 bits per heavy atom. The Hall–Kier alpha value is -2.11. The zero-order valence-corrected chi connectivity index (χ0v) is 10.1. The van der Waals surface area contributed by atoms with Crippen LogP contribution in [-0.2, 0) is 14.3 Å². The molecule has 6 heteroatoms. The summed E-state index contributed by atoms with van der Waals surface area (Å²) in [6.45, 7) is 1.06. The van der Waals surface area contributed by atoms with Gasteiger partial charge in [-0.05, 0) is 19.1 Å². The molecule has 5 nitrogen and oxygen atoms in total. The molecule has 0 aliphatic carbocycles. The summed E-state index contributed by atoms with van der Waals surface area (Å²) in [7, 11) is 1.44. The zero-order valence-electron chi connectivity index (χ0n) is 10.1. The molecule has 1 N–H and O–H groups in total. The summed E-state index contributed by atoms with van der Waals surface area (Å²) < 4.78 is 22.6. The number of halogens is 1. The number of carbonyl (C=O) groups excluding carboxylic acids is 2. The first-order valence-corrected chi connectivity index (χ1v) is 5.32. The Balaban J connectivity index is 2.40. The molecule has 0 radical (unpaired) electrons. The molecule has 1 rings (SSSR count). The van der Waals surface area contributed by atoms with Crippen LogP contribution >= 0.6 is 0 Å². The summed E-state index contributed by atoms with van der Waals surface area (Å²) in [6.07, 6.45) is -0.890. The Morgan fingerprint density at radius 3 is 2.78 bits per heavy atom. The van der Waals surface area contributed by atoms with E-state index in [1.54, 1.807) is 0 Å². The van der Waals surface area contributed by atoms with Gasteiger partial charge < -0.3 is 14.8 Å². The lowest BCUT2D eigenvalue weighted by molar-refractivity contribution is -0.156. The molecule has 0 heterocycles. The van der Waals surface area contributed by atoms with Gasteiger partial charge in [-0.2, -0.15) is 0 Å². The van der Waals surface area contributed by atoms with Gasteiger partial charge in [0, 0.05) is 13.1 Å². The van der Waals surface area contributed by atoms with E-state index in [9.17, 15) is 14.0 Å². The van der Waals surface area contributed by atoms with Crippen molar-refractivity contribution in [1.29, 1.82) is 0 Å². The lowest BCUT2D eigenvalue weighted by atomic mass is 10.3. The third-order valence-electron chi connectivity index (χ3n) is 2.08. The van der Waals surface area contributed by atoms with E-state index in [-0.39, 0.29) is 12.4 Å². The molecular formula is C12H14FNO4. The van der Waals surface area contributed by atoms with Crippen LogP contribution in [0.3, 0.4) is 0 Å². The minimum Gasteiger partial charge on any atom is -0.482 e. The molecule has 0 aromatic heterocycles. The maximum atomic E-state index is 12.8. The molecule has 0 bridgehead atoms. The summed E-state index contributed by atoms with van der Waals surface area (Å²) >= 11 is 0. The fourth-order valence-corrected chi connectivity index (χ4v) is 1.19. The van der Waals surface area contributed by atoms with Gasteiger partial charge in [0.15, 0.2) is 12.7 Å². The van der Waals surface area contributed by atoms with Gasteiger partial charge in [-0.25, -0.2) is 9.18 Å². The second-order valence-electron chi connectivity index (χ2n) is 3.49. The van der Waals surface area contributed by atoms with Crippen molar-refractivity contribution in [2.24, 2.45) is 0 Å². The maximum Gasteiger partial charge on any atom is 0.344 e. The Bertz CT molecular complexity index is 436. The standard InChI is InChI=1S/C12H14FNO4/c1-8(12(16)14-2)18-11(15)7-17-10-5-3-4-9(13)6-10/h3-6,8H,7H2,1-2H3,(H,14,16)/t8-/m0/s1. The molecule has 1 aromatic carbocycles. The smallest absolute Gasteiger partial charge is 0.344 e. The van der Waals surface area contributed by atoms with Gasteiger partial charge in [-0.3, -0.25) is 4.79 Å². The molecule has 1 atom stereocenters. The number of hydrogen-bond acceptors (Lipinski definition) is 4. The van der Waals surface area contributed by atoms with Crippen LogP contribution in [0, 0.1) is 5.82 Å². The predicted molar refractivity (Wildman–Crippen MR) is 61.5 cm³/mol. The highest BCUT2D eigenvalue weighted by Gasteiger charge is 2.16. The number of amides is 1. The molecule has 98 valence electrons. The molecule has 0 unspecified atom stereocenters. The van der Waals surface area contributed by atoms with Gasteiger partial charge in [0.2, 0.25) is 0 Å². The first-order chi connectivity index (χ1) is 8.52. The lowest BCUT2D eigenvalue weighted by Crippen LogP contribution is -2.34. The highest BCUT2D eigenvalue weighted by molar-refractivity contribution is 5.83. The Labute approximate surface area is 104 Å². The first kappa shape index (κ1) is 14.0. The normalized spacial score (nSPS) is 11.5. The van der Waals surface area contributed by atoms with E-state index in [2.05, 4.69) is 5.32 Å². The molecule has 0 spiro atoms. The average molecular weight is 255 g/mol. The van der Waals surface area contributed by atoms with Gasteiger partial charge in [0.25, 0.3) is 5.91 Å². The lowest BCUT2D eigenvalue weighted by Gasteiger charge is -2.12. The molecular weight excluding hydrogens is 241 g/mol. The molecule has 0 fully saturated rings. The van der Waals surface area contributed by atoms with E-state index in [4.69, 9.17) is 9.47 Å². The van der Waals surface area contributed by atoms with E-state index in [1.807, 2.05) is 0 Å². The Morgan fingerprint density at radius 1 is 1.44 bits per heavy atom. The highest BCUT2D eigenvalue weighted by atomic mass is 19.1. The number of esters is 1. The number of benzene rings is 1. The van der Waals surface area contributed by atoms with Crippen LogP contribution in [0.5, 0.6) is 5.75 Å². The van der Waals surface area contributed by atoms with E-state index < -0.39 is 23.8 Å². The quantitative estimate of drug-likeness (QED) is 0.793. The summed E-state index contributed by atoms with van der Waals surface area (Å²) in [4.78, 5) is 22.4. The molecule has 18 heavy (non-hydrogen) atoms. The van der Waals surface area contributed by atoms with E-state index in [0.29, 0.717) is 0 Å². The van der Waals surface area contributed by atoms with Crippen LogP contribution in [0.4, 0.5) is 4.39 Å². The van der Waals surface area contributed by atoms with Crippen molar-refractivity contribution in [2.45, 2.75) is 13.0 Å². The van der Waals surface area contributed by atoms with Gasteiger partial charge >= 0.3 is 5.97 Å². The van der Waals surface area contributed by atoms with Crippen LogP contribution in [0.15, 0.2) is 24.3 Å². The first-order valence-electron chi connectivity index (χ1n) is 5.32. The van der Waals surface area contributed by atoms with Gasteiger partial charge in [-0.15, -0.1) is 0 Å². The number of carbonyl (C=O) groups is 2. The van der Waals surface area contributed by atoms with Crippen molar-refractivity contribution >= 4 is 11.9 Å². The van der Waals surface area contributed by atoms with Crippen molar-refractivity contribution in [1.82, 2.24) is 5.32 Å². The number of rotatable bonds is 5. The predicted octanol–water partition coefficient (Wildman–Crippen LogP) is 0.882. The maximum absolute atomic E-state index is 12.8. The average Bonchev–Trinajstić information content (AvgIpc) is 2.35. The summed E-state index contributed by atoms with van der Waals surface area (Å²) in [6, 6.07) is 5.38. The number of ether oxygens (including phenoxy) is 2. The van der Waals surface area contributed by atoms with E-state index >= 15 is 0 Å². The van der Waals surface area contributed by atoms with Crippen LogP contribution in [0.2, 0.25) is 0 Å². The van der Waals surface area contributed by atoms with Gasteiger partial charge in [0.1, 0.15) is 11.6 Å². The fraction of sp³-hybridized carbons (Fsp3) is 0.333. The second-order valence-corrected chi connectivity index (χ2v) is 3.49. The van der Waals surface area contributed by atoms with E-state index in [0.717, 1.165) is 6.07 Å². The van der Waals surface area contributed by atoms with Crippen molar-refractivity contribution in [3.05, 3.63) is 30.1 Å². The van der Waals surface area contributed by atoms with Gasteiger partial charge in [0.05, 0.1) is 0 Å². The SMILES string of the molecule is CNC(=O)[C@H](C)OC(=O)COc1cccc(F)c1. The van der Waals surface area contributed by atoms with Crippen molar-refractivity contribution in [3.63, 3.8) is 0 Å². The summed E-state index contributed by atoms with van der Waals surface area (Å²) in [5.74, 6) is -1.34. The third-order valence-corrected chi connectivity index (χ3v) is 2.08. The molecule has 0 saturated carbocycles. The second kappa shape index (κ2) is 6.58. The molecule has 0 aliphatic heterocycles. The monoisotopic (exact) mass is 255 g/mol. The topological polar surface area (TPSA) is 64.6 Å². The zero-order chi connectivity index (χ0) is 13.5. The van der Waals surface area contributed by atoms with Crippen LogP contribution in [0.1, 0.15) is 6.92 Å². The fourth-order valence-electron chi connectivity index (χ4n) is 1.19. The highest BCUT2D eigenvalue weighted by Crippen LogP contribution is 2.11. The number of likely N-dealkylation sites (N-methyl/N-ethyl adjacent to an activating group) is 1. The van der Waals surface area contributed by atoms with Crippen LogP contribution in [0.25, 0.3) is 0 Å². The minimum atomic E-state index is -0.890. The van der Waals surface area contributed by atoms with Crippen molar-refractivity contribution in [2.75, 3.05) is 13.7 Å². The van der Waals surface area contributed by atoms with Crippen LogP contribution in [-0.4, -0.2) is 31.6 Å². The molecule has 1 amide bonds. The molecule has 1 aromatic rings. The summed E-state index contributed by atoms with van der Waals surface area (Å²) in [5.41, 5.74) is 0. The number of nitrogens with one attached hydrogen (secondary N) is 1.